The first kappa shape index (κ1) is 13.9. The van der Waals surface area contributed by atoms with E-state index in [0.29, 0.717) is 3.58 Å². The minimum absolute atomic E-state index is 0.342. The highest BCUT2D eigenvalue weighted by molar-refractivity contribution is 14.1. The van der Waals surface area contributed by atoms with Gasteiger partial charge in [-0.1, -0.05) is 22.6 Å². The second-order valence-electron chi connectivity index (χ2n) is 1.83. The van der Waals surface area contributed by atoms with E-state index in [4.69, 9.17) is 0 Å². The van der Waals surface area contributed by atoms with Crippen molar-refractivity contribution >= 4 is 55.2 Å². The van der Waals surface area contributed by atoms with Crippen molar-refractivity contribution in [3.8, 4) is 0 Å². The SMILES string of the molecule is O=S(=O)(NC/C(I)=C\I)C(F)(F)F. The van der Waals surface area contributed by atoms with Crippen molar-refractivity contribution < 1.29 is 21.6 Å². The fourth-order valence-corrected chi connectivity index (χ4v) is 1.46. The summed E-state index contributed by atoms with van der Waals surface area (Å²) in [7, 11) is -5.20. The average molecular weight is 441 g/mol. The Bertz CT molecular complexity index is 297. The third-order valence-corrected chi connectivity index (χ3v) is 4.62. The van der Waals surface area contributed by atoms with Crippen LogP contribution in [0.3, 0.4) is 0 Å². The summed E-state index contributed by atoms with van der Waals surface area (Å²) >= 11 is 3.53. The Morgan fingerprint density at radius 2 is 1.92 bits per heavy atom. The predicted molar refractivity (Wildman–Crippen MR) is 59.1 cm³/mol. The molecular formula is C4H4F3I2NO2S. The predicted octanol–water partition coefficient (Wildman–Crippen LogP) is 2.14. The van der Waals surface area contributed by atoms with Crippen LogP contribution in [0.5, 0.6) is 0 Å². The van der Waals surface area contributed by atoms with Gasteiger partial charge in [-0.05, 0) is 26.7 Å². The van der Waals surface area contributed by atoms with E-state index in [-0.39, 0.29) is 6.54 Å². The second-order valence-corrected chi connectivity index (χ2v) is 5.59. The van der Waals surface area contributed by atoms with E-state index in [9.17, 15) is 21.6 Å². The lowest BCUT2D eigenvalue weighted by Gasteiger charge is -2.08. The number of hydrogen-bond acceptors (Lipinski definition) is 2. The van der Waals surface area contributed by atoms with Gasteiger partial charge in [-0.3, -0.25) is 0 Å². The lowest BCUT2D eigenvalue weighted by atomic mass is 10.7. The van der Waals surface area contributed by atoms with Crippen molar-refractivity contribution in [3.63, 3.8) is 0 Å². The first-order valence-corrected chi connectivity index (χ1v) is 6.52. The molecule has 0 unspecified atom stereocenters. The Balaban J connectivity index is 4.39. The van der Waals surface area contributed by atoms with E-state index >= 15 is 0 Å². The molecule has 0 saturated heterocycles. The molecule has 0 spiro atoms. The van der Waals surface area contributed by atoms with E-state index < -0.39 is 15.5 Å². The van der Waals surface area contributed by atoms with Crippen molar-refractivity contribution in [2.45, 2.75) is 5.51 Å². The summed E-state index contributed by atoms with van der Waals surface area (Å²) in [5.41, 5.74) is -5.24. The van der Waals surface area contributed by atoms with Gasteiger partial charge < -0.3 is 0 Å². The number of hydrogen-bond donors (Lipinski definition) is 1. The molecule has 0 aromatic heterocycles. The molecule has 0 aliphatic carbocycles. The minimum Gasteiger partial charge on any atom is -0.203 e. The number of rotatable bonds is 3. The topological polar surface area (TPSA) is 46.2 Å². The molecule has 0 aromatic rings. The molecule has 0 radical (unpaired) electrons. The van der Waals surface area contributed by atoms with Crippen molar-refractivity contribution in [2.75, 3.05) is 6.54 Å². The molecule has 0 bridgehead atoms. The molecule has 0 atom stereocenters. The molecule has 0 aliphatic rings. The monoisotopic (exact) mass is 441 g/mol. The molecule has 0 saturated carbocycles. The Hall–Kier alpha value is 0.900. The van der Waals surface area contributed by atoms with Gasteiger partial charge in [0, 0.05) is 10.1 Å². The number of alkyl halides is 3. The zero-order valence-corrected chi connectivity index (χ0v) is 11.0. The van der Waals surface area contributed by atoms with Crippen LogP contribution in [0.15, 0.2) is 7.66 Å². The van der Waals surface area contributed by atoms with Crippen LogP contribution < -0.4 is 4.72 Å². The maximum atomic E-state index is 11.7. The Morgan fingerprint density at radius 3 is 2.23 bits per heavy atom. The summed E-state index contributed by atoms with van der Waals surface area (Å²) in [4.78, 5) is 0. The first-order valence-electron chi connectivity index (χ1n) is 2.71. The van der Waals surface area contributed by atoms with Gasteiger partial charge in [0.05, 0.1) is 0 Å². The smallest absolute Gasteiger partial charge is 0.203 e. The standard InChI is InChI=1S/C4H4F3I2NO2S/c5-4(6,7)13(11,12)10-2-3(9)1-8/h1,10H,2H2/b3-1+. The third-order valence-electron chi connectivity index (χ3n) is 0.854. The normalized spacial score (nSPS) is 14.7. The zero-order valence-electron chi connectivity index (χ0n) is 5.90. The molecule has 1 N–H and O–H groups in total. The summed E-state index contributed by atoms with van der Waals surface area (Å²) in [6.45, 7) is -0.342. The van der Waals surface area contributed by atoms with Crippen LogP contribution >= 0.6 is 45.2 Å². The third kappa shape index (κ3) is 4.78. The highest BCUT2D eigenvalue weighted by Crippen LogP contribution is 2.22. The van der Waals surface area contributed by atoms with Crippen molar-refractivity contribution in [2.24, 2.45) is 0 Å². The van der Waals surface area contributed by atoms with Crippen LogP contribution in [0.4, 0.5) is 13.2 Å². The highest BCUT2D eigenvalue weighted by atomic mass is 127. The molecule has 0 heterocycles. The van der Waals surface area contributed by atoms with Crippen LogP contribution in [0, 0.1) is 0 Å². The van der Waals surface area contributed by atoms with Gasteiger partial charge in [0.15, 0.2) is 0 Å². The molecule has 0 fully saturated rings. The van der Waals surface area contributed by atoms with Crippen molar-refractivity contribution in [3.05, 3.63) is 7.66 Å². The Kier molecular flexibility index (Phi) is 5.47. The van der Waals surface area contributed by atoms with E-state index in [1.54, 1.807) is 45.2 Å². The number of halogens is 5. The van der Waals surface area contributed by atoms with Gasteiger partial charge >= 0.3 is 15.5 Å². The maximum Gasteiger partial charge on any atom is 0.511 e. The van der Waals surface area contributed by atoms with Crippen molar-refractivity contribution in [1.29, 1.82) is 0 Å². The number of nitrogens with one attached hydrogen (secondary N) is 1. The summed E-state index contributed by atoms with van der Waals surface area (Å²) in [5, 5.41) is 0. The van der Waals surface area contributed by atoms with Gasteiger partial charge in [-0.25, -0.2) is 13.1 Å². The molecular weight excluding hydrogens is 437 g/mol. The van der Waals surface area contributed by atoms with Gasteiger partial charge in [0.2, 0.25) is 0 Å². The zero-order chi connectivity index (χ0) is 10.7. The molecule has 0 aliphatic heterocycles. The molecule has 0 aromatic carbocycles. The Morgan fingerprint density at radius 1 is 1.46 bits per heavy atom. The first-order chi connectivity index (χ1) is 5.70. The molecule has 3 nitrogen and oxygen atoms in total. The summed E-state index contributed by atoms with van der Waals surface area (Å²) in [5.74, 6) is 0. The van der Waals surface area contributed by atoms with Crippen LogP contribution in [0.1, 0.15) is 0 Å². The highest BCUT2D eigenvalue weighted by Gasteiger charge is 2.45. The maximum absolute atomic E-state index is 11.7. The lowest BCUT2D eigenvalue weighted by Crippen LogP contribution is -2.36. The lowest BCUT2D eigenvalue weighted by molar-refractivity contribution is -0.0446. The number of sulfonamides is 1. The minimum atomic E-state index is -5.24. The second kappa shape index (κ2) is 5.11. The largest absolute Gasteiger partial charge is 0.511 e. The van der Waals surface area contributed by atoms with Crippen molar-refractivity contribution in [1.82, 2.24) is 4.72 Å². The molecule has 0 rings (SSSR count). The fraction of sp³-hybridized carbons (Fsp3) is 0.500. The molecule has 78 valence electrons. The van der Waals surface area contributed by atoms with Gasteiger partial charge in [0.1, 0.15) is 0 Å². The molecule has 13 heavy (non-hydrogen) atoms. The van der Waals surface area contributed by atoms with Crippen LogP contribution in [0.25, 0.3) is 0 Å². The van der Waals surface area contributed by atoms with E-state index in [1.807, 2.05) is 0 Å². The average Bonchev–Trinajstić information content (AvgIpc) is 1.98. The Labute approximate surface area is 100 Å². The molecule has 9 heteroatoms. The van der Waals surface area contributed by atoms with Crippen LogP contribution in [-0.2, 0) is 10.0 Å². The van der Waals surface area contributed by atoms with Crippen LogP contribution in [-0.4, -0.2) is 20.5 Å². The van der Waals surface area contributed by atoms with Crippen LogP contribution in [0.2, 0.25) is 0 Å². The van der Waals surface area contributed by atoms with Gasteiger partial charge in [-0.2, -0.15) is 13.2 Å². The quantitative estimate of drug-likeness (QED) is 0.683. The van der Waals surface area contributed by atoms with Gasteiger partial charge in [-0.15, -0.1) is 0 Å². The van der Waals surface area contributed by atoms with E-state index in [1.165, 1.54) is 8.80 Å². The van der Waals surface area contributed by atoms with E-state index in [2.05, 4.69) is 0 Å². The van der Waals surface area contributed by atoms with E-state index in [0.717, 1.165) is 0 Å². The summed E-state index contributed by atoms with van der Waals surface area (Å²) in [6.07, 6.45) is 0. The summed E-state index contributed by atoms with van der Waals surface area (Å²) in [6, 6.07) is 0. The molecule has 0 amide bonds. The fourth-order valence-electron chi connectivity index (χ4n) is 0.284. The van der Waals surface area contributed by atoms with Gasteiger partial charge in [0.25, 0.3) is 0 Å². The summed E-state index contributed by atoms with van der Waals surface area (Å²) < 4.78 is 59.3.